The monoisotopic (exact) mass is 293 g/mol. The number of aliphatic hydroxyl groups excluding tert-OH is 1. The molecule has 0 saturated heterocycles. The van der Waals surface area contributed by atoms with Gasteiger partial charge in [0.2, 0.25) is 0 Å². The predicted octanol–water partition coefficient (Wildman–Crippen LogP) is 2.82. The largest absolute Gasteiger partial charge is 0.416 e. The van der Waals surface area contributed by atoms with Crippen molar-refractivity contribution in [2.45, 2.75) is 18.3 Å². The molecular weight excluding hydrogens is 285 g/mol. The van der Waals surface area contributed by atoms with Crippen LogP contribution in [0.4, 0.5) is 17.6 Å². The summed E-state index contributed by atoms with van der Waals surface area (Å²) >= 11 is 5.45. The molecule has 2 nitrogen and oxygen atoms in total. The average molecular weight is 294 g/mol. The molecule has 2 atom stereocenters. The molecule has 0 amide bonds. The van der Waals surface area contributed by atoms with Crippen molar-refractivity contribution in [2.75, 3.05) is 0 Å². The second-order valence-corrected chi connectivity index (χ2v) is 3.65. The lowest BCUT2D eigenvalue weighted by atomic mass is 10.0. The van der Waals surface area contributed by atoms with Crippen molar-refractivity contribution in [2.24, 2.45) is 5.73 Å². The second kappa shape index (κ2) is 5.86. The molecule has 3 N–H and O–H groups in total. The molecule has 0 aliphatic rings. The molecule has 98 valence electrons. The van der Waals surface area contributed by atoms with Crippen LogP contribution in [0.3, 0.4) is 0 Å². The average Bonchev–Trinajstić information content (AvgIpc) is 2.12. The summed E-state index contributed by atoms with van der Waals surface area (Å²) < 4.78 is 49.2. The summed E-state index contributed by atoms with van der Waals surface area (Å²) in [5.41, 5.74) is 4.95. The van der Waals surface area contributed by atoms with Crippen LogP contribution in [0.5, 0.6) is 0 Å². The van der Waals surface area contributed by atoms with Gasteiger partial charge in [-0.1, -0.05) is 11.6 Å². The van der Waals surface area contributed by atoms with E-state index in [1.54, 1.807) is 0 Å². The molecule has 1 aromatic carbocycles. The van der Waals surface area contributed by atoms with Crippen LogP contribution in [-0.2, 0) is 0 Å². The first-order chi connectivity index (χ1) is 7.21. The lowest BCUT2D eigenvalue weighted by molar-refractivity contribution is -0.210. The molecule has 0 fully saturated rings. The Morgan fingerprint density at radius 1 is 1.24 bits per heavy atom. The summed E-state index contributed by atoms with van der Waals surface area (Å²) in [6.45, 7) is 0. The highest BCUT2D eigenvalue weighted by Gasteiger charge is 2.42. The van der Waals surface area contributed by atoms with E-state index in [2.05, 4.69) is 0 Å². The van der Waals surface area contributed by atoms with Crippen molar-refractivity contribution in [1.82, 2.24) is 0 Å². The van der Waals surface area contributed by atoms with Gasteiger partial charge >= 0.3 is 6.18 Å². The van der Waals surface area contributed by atoms with E-state index in [1.807, 2.05) is 0 Å². The van der Waals surface area contributed by atoms with Crippen molar-refractivity contribution >= 4 is 24.0 Å². The van der Waals surface area contributed by atoms with Crippen LogP contribution >= 0.6 is 24.0 Å². The number of rotatable bonds is 2. The lowest BCUT2D eigenvalue weighted by Crippen LogP contribution is -2.38. The maximum absolute atomic E-state index is 12.8. The highest BCUT2D eigenvalue weighted by molar-refractivity contribution is 6.30. The van der Waals surface area contributed by atoms with Gasteiger partial charge in [0, 0.05) is 5.02 Å². The Morgan fingerprint density at radius 2 is 1.76 bits per heavy atom. The standard InChI is InChI=1S/C9H8ClF4NO.ClH/c10-5-1-4(2-6(11)3-5)7(15)8(16)9(12,13)14;/h1-3,7-8,16H,15H2;1H/t7-,8-;/m0./s1. The van der Waals surface area contributed by atoms with Crippen molar-refractivity contribution in [3.8, 4) is 0 Å². The van der Waals surface area contributed by atoms with E-state index in [0.717, 1.165) is 18.2 Å². The molecule has 0 bridgehead atoms. The van der Waals surface area contributed by atoms with E-state index in [1.165, 1.54) is 0 Å². The third-order valence-electron chi connectivity index (χ3n) is 1.95. The highest BCUT2D eigenvalue weighted by atomic mass is 35.5. The first-order valence-electron chi connectivity index (χ1n) is 4.18. The minimum atomic E-state index is -4.86. The summed E-state index contributed by atoms with van der Waals surface area (Å²) in [7, 11) is 0. The fourth-order valence-electron chi connectivity index (χ4n) is 1.15. The molecule has 0 aromatic heterocycles. The zero-order valence-electron chi connectivity index (χ0n) is 8.21. The summed E-state index contributed by atoms with van der Waals surface area (Å²) in [5, 5.41) is 8.79. The summed E-state index contributed by atoms with van der Waals surface area (Å²) in [4.78, 5) is 0. The molecule has 0 heterocycles. The number of benzene rings is 1. The first kappa shape index (κ1) is 16.4. The highest BCUT2D eigenvalue weighted by Crippen LogP contribution is 2.29. The Kier molecular flexibility index (Phi) is 5.67. The first-order valence-corrected chi connectivity index (χ1v) is 4.56. The topological polar surface area (TPSA) is 46.2 Å². The maximum atomic E-state index is 12.8. The van der Waals surface area contributed by atoms with Crippen molar-refractivity contribution in [3.05, 3.63) is 34.6 Å². The summed E-state index contributed by atoms with van der Waals surface area (Å²) in [6, 6.07) is 1.03. The zero-order chi connectivity index (χ0) is 12.5. The van der Waals surface area contributed by atoms with Gasteiger partial charge in [-0.15, -0.1) is 12.4 Å². The van der Waals surface area contributed by atoms with Gasteiger partial charge in [0.1, 0.15) is 5.82 Å². The molecule has 8 heteroatoms. The Labute approximate surface area is 106 Å². The Hall–Kier alpha value is -0.560. The fourth-order valence-corrected chi connectivity index (χ4v) is 1.38. The van der Waals surface area contributed by atoms with Gasteiger partial charge in [-0.05, 0) is 23.8 Å². The smallest absolute Gasteiger partial charge is 0.382 e. The van der Waals surface area contributed by atoms with E-state index in [0.29, 0.717) is 0 Å². The summed E-state index contributed by atoms with van der Waals surface area (Å²) in [6.07, 6.45) is -7.62. The Morgan fingerprint density at radius 3 is 2.18 bits per heavy atom. The molecule has 0 aliphatic heterocycles. The van der Waals surface area contributed by atoms with Gasteiger partial charge in [0.15, 0.2) is 6.10 Å². The number of hydrogen-bond acceptors (Lipinski definition) is 2. The second-order valence-electron chi connectivity index (χ2n) is 3.22. The molecule has 0 spiro atoms. The van der Waals surface area contributed by atoms with Crippen LogP contribution in [0.25, 0.3) is 0 Å². The molecule has 0 aliphatic carbocycles. The molecule has 1 rings (SSSR count). The summed E-state index contributed by atoms with van der Waals surface area (Å²) in [5.74, 6) is -0.813. The van der Waals surface area contributed by atoms with Crippen LogP contribution in [0.1, 0.15) is 11.6 Å². The van der Waals surface area contributed by atoms with Gasteiger partial charge < -0.3 is 10.8 Å². The zero-order valence-corrected chi connectivity index (χ0v) is 9.78. The van der Waals surface area contributed by atoms with E-state index in [4.69, 9.17) is 22.4 Å². The Balaban J connectivity index is 0.00000256. The quantitative estimate of drug-likeness (QED) is 0.824. The van der Waals surface area contributed by atoms with Crippen molar-refractivity contribution in [3.63, 3.8) is 0 Å². The number of aliphatic hydroxyl groups is 1. The van der Waals surface area contributed by atoms with Gasteiger partial charge in [-0.2, -0.15) is 13.2 Å². The molecule has 17 heavy (non-hydrogen) atoms. The Bertz CT molecular complexity index is 365. The number of hydrogen-bond donors (Lipinski definition) is 2. The number of halogens is 6. The van der Waals surface area contributed by atoms with E-state index in [9.17, 15) is 17.6 Å². The van der Waals surface area contributed by atoms with Crippen LogP contribution in [0.15, 0.2) is 18.2 Å². The molecule has 0 unspecified atom stereocenters. The normalized spacial score (nSPS) is 15.0. The predicted molar refractivity (Wildman–Crippen MR) is 57.6 cm³/mol. The van der Waals surface area contributed by atoms with Crippen LogP contribution < -0.4 is 5.73 Å². The van der Waals surface area contributed by atoms with E-state index >= 15 is 0 Å². The fraction of sp³-hybridized carbons (Fsp3) is 0.333. The molecule has 1 aromatic rings. The van der Waals surface area contributed by atoms with Crippen LogP contribution in [0, 0.1) is 5.82 Å². The third kappa shape index (κ3) is 4.31. The van der Waals surface area contributed by atoms with Crippen LogP contribution in [-0.4, -0.2) is 17.4 Å². The maximum Gasteiger partial charge on any atom is 0.416 e. The number of alkyl halides is 3. The number of nitrogens with two attached hydrogens (primary N) is 1. The van der Waals surface area contributed by atoms with Gasteiger partial charge in [0.05, 0.1) is 6.04 Å². The minimum Gasteiger partial charge on any atom is -0.382 e. The molecular formula is C9H9Cl2F4NO. The van der Waals surface area contributed by atoms with Crippen molar-refractivity contribution < 1.29 is 22.7 Å². The van der Waals surface area contributed by atoms with Gasteiger partial charge in [0.25, 0.3) is 0 Å². The van der Waals surface area contributed by atoms with Crippen molar-refractivity contribution in [1.29, 1.82) is 0 Å². The molecule has 0 saturated carbocycles. The molecule has 0 radical (unpaired) electrons. The van der Waals surface area contributed by atoms with Gasteiger partial charge in [-0.25, -0.2) is 4.39 Å². The lowest BCUT2D eigenvalue weighted by Gasteiger charge is -2.21. The van der Waals surface area contributed by atoms with E-state index in [-0.39, 0.29) is 23.0 Å². The van der Waals surface area contributed by atoms with Gasteiger partial charge in [-0.3, -0.25) is 0 Å². The third-order valence-corrected chi connectivity index (χ3v) is 2.16. The van der Waals surface area contributed by atoms with Crippen LogP contribution in [0.2, 0.25) is 5.02 Å². The minimum absolute atomic E-state index is 0. The SMILES string of the molecule is Cl.N[C@@H](c1cc(F)cc(Cl)c1)[C@H](O)C(F)(F)F. The van der Waals surface area contributed by atoms with E-state index < -0.39 is 24.1 Å².